The van der Waals surface area contributed by atoms with E-state index < -0.39 is 17.9 Å². The number of rotatable bonds is 9. The first kappa shape index (κ1) is 21.9. The summed E-state index contributed by atoms with van der Waals surface area (Å²) >= 11 is 0. The lowest BCUT2D eigenvalue weighted by Gasteiger charge is -2.10. The molecule has 0 aromatic heterocycles. The lowest BCUT2D eigenvalue weighted by molar-refractivity contribution is 0.0500. The van der Waals surface area contributed by atoms with E-state index in [2.05, 4.69) is 0 Å². The first-order valence-corrected chi connectivity index (χ1v) is 8.54. The van der Waals surface area contributed by atoms with Gasteiger partial charge in [-0.1, -0.05) is 36.5 Å². The first-order chi connectivity index (χ1) is 13.0. The van der Waals surface area contributed by atoms with Crippen LogP contribution in [0.2, 0.25) is 0 Å². The monoisotopic (exact) mass is 372 g/mol. The van der Waals surface area contributed by atoms with Gasteiger partial charge in [0.1, 0.15) is 19.8 Å². The van der Waals surface area contributed by atoms with Crippen LogP contribution in [0, 0.1) is 0 Å². The molecule has 0 bridgehead atoms. The van der Waals surface area contributed by atoms with Crippen molar-refractivity contribution in [1.82, 2.24) is 0 Å². The van der Waals surface area contributed by atoms with Crippen LogP contribution < -0.4 is 0 Å². The maximum atomic E-state index is 12.4. The molecule has 0 aliphatic carbocycles. The van der Waals surface area contributed by atoms with E-state index >= 15 is 0 Å². The maximum Gasteiger partial charge on any atom is 0.339 e. The molecule has 0 N–H and O–H groups in total. The number of benzene rings is 1. The Morgan fingerprint density at radius 1 is 0.704 bits per heavy atom. The van der Waals surface area contributed by atoms with Gasteiger partial charge in [0, 0.05) is 0 Å². The van der Waals surface area contributed by atoms with Gasteiger partial charge in [0.05, 0.1) is 16.7 Å². The molecule has 0 amide bonds. The van der Waals surface area contributed by atoms with Crippen molar-refractivity contribution in [2.24, 2.45) is 0 Å². The second kappa shape index (κ2) is 12.2. The van der Waals surface area contributed by atoms with Gasteiger partial charge >= 0.3 is 17.9 Å². The van der Waals surface area contributed by atoms with Crippen LogP contribution in [0.3, 0.4) is 0 Å². The van der Waals surface area contributed by atoms with Crippen LogP contribution in [0.4, 0.5) is 0 Å². The molecule has 144 valence electrons. The van der Waals surface area contributed by atoms with E-state index in [9.17, 15) is 14.4 Å². The van der Waals surface area contributed by atoms with Crippen LogP contribution in [-0.2, 0) is 14.2 Å². The Balaban J connectivity index is 3.11. The highest BCUT2D eigenvalue weighted by atomic mass is 16.5. The Labute approximate surface area is 159 Å². The number of esters is 3. The summed E-state index contributed by atoms with van der Waals surface area (Å²) < 4.78 is 15.3. The lowest BCUT2D eigenvalue weighted by Crippen LogP contribution is -2.16. The third kappa shape index (κ3) is 7.32. The van der Waals surface area contributed by atoms with E-state index in [0.29, 0.717) is 0 Å². The van der Waals surface area contributed by atoms with Crippen molar-refractivity contribution in [1.29, 1.82) is 0 Å². The molecule has 0 saturated heterocycles. The minimum Gasteiger partial charge on any atom is -0.458 e. The normalized spacial score (nSPS) is 11.2. The first-order valence-electron chi connectivity index (χ1n) is 8.54. The number of carbonyl (C=O) groups excluding carboxylic acids is 3. The minimum atomic E-state index is -0.728. The van der Waals surface area contributed by atoms with E-state index in [1.165, 1.54) is 18.2 Å². The Hall–Kier alpha value is -3.15. The molecule has 1 aromatic rings. The SMILES string of the molecule is C/C=C\COC(=O)c1ccc(C(=O)OC/C=C/C)cc1C(=O)OC/C=C/C. The van der Waals surface area contributed by atoms with Crippen molar-refractivity contribution in [3.05, 3.63) is 71.3 Å². The molecule has 0 fully saturated rings. The number of allylic oxidation sites excluding steroid dienone is 3. The maximum absolute atomic E-state index is 12.4. The Bertz CT molecular complexity index is 743. The molecule has 0 aliphatic heterocycles. The number of hydrogen-bond donors (Lipinski definition) is 0. The van der Waals surface area contributed by atoms with Crippen LogP contribution in [0.15, 0.2) is 54.7 Å². The quantitative estimate of drug-likeness (QED) is 0.372. The Morgan fingerprint density at radius 3 is 1.63 bits per heavy atom. The van der Waals surface area contributed by atoms with Crippen LogP contribution in [0.1, 0.15) is 51.8 Å². The summed E-state index contributed by atoms with van der Waals surface area (Å²) in [4.78, 5) is 36.7. The molecule has 0 spiro atoms. The van der Waals surface area contributed by atoms with Crippen LogP contribution >= 0.6 is 0 Å². The number of ether oxygens (including phenoxy) is 3. The van der Waals surface area contributed by atoms with Crippen LogP contribution in [0.25, 0.3) is 0 Å². The predicted octanol–water partition coefficient (Wildman–Crippen LogP) is 3.89. The van der Waals surface area contributed by atoms with Gasteiger partial charge in [-0.3, -0.25) is 0 Å². The summed E-state index contributed by atoms with van der Waals surface area (Å²) in [5, 5.41) is 0. The summed E-state index contributed by atoms with van der Waals surface area (Å²) in [6.07, 6.45) is 10.2. The molecule has 6 heteroatoms. The van der Waals surface area contributed by atoms with E-state index in [1.807, 2.05) is 0 Å². The average Bonchev–Trinajstić information content (AvgIpc) is 2.67. The van der Waals surface area contributed by atoms with E-state index in [4.69, 9.17) is 14.2 Å². The summed E-state index contributed by atoms with van der Waals surface area (Å²) in [6.45, 7) is 5.64. The van der Waals surface area contributed by atoms with E-state index in [0.717, 1.165) is 0 Å². The third-order valence-corrected chi connectivity index (χ3v) is 3.33. The summed E-state index contributed by atoms with van der Waals surface area (Å²) in [5.74, 6) is -2.02. The van der Waals surface area contributed by atoms with Gasteiger partial charge in [-0.05, 0) is 39.0 Å². The van der Waals surface area contributed by atoms with Crippen molar-refractivity contribution in [2.75, 3.05) is 19.8 Å². The zero-order valence-corrected chi connectivity index (χ0v) is 15.8. The minimum absolute atomic E-state index is 0.0231. The largest absolute Gasteiger partial charge is 0.458 e. The Kier molecular flexibility index (Phi) is 9.93. The number of carbonyl (C=O) groups is 3. The average molecular weight is 372 g/mol. The van der Waals surface area contributed by atoms with Crippen molar-refractivity contribution in [3.63, 3.8) is 0 Å². The molecular weight excluding hydrogens is 348 g/mol. The fourth-order valence-corrected chi connectivity index (χ4v) is 1.92. The molecule has 0 radical (unpaired) electrons. The van der Waals surface area contributed by atoms with E-state index in [-0.39, 0.29) is 36.5 Å². The third-order valence-electron chi connectivity index (χ3n) is 3.33. The van der Waals surface area contributed by atoms with Gasteiger partial charge in [0.15, 0.2) is 0 Å². The van der Waals surface area contributed by atoms with Gasteiger partial charge in [0.2, 0.25) is 0 Å². The fourth-order valence-electron chi connectivity index (χ4n) is 1.92. The van der Waals surface area contributed by atoms with Crippen molar-refractivity contribution in [2.45, 2.75) is 20.8 Å². The highest BCUT2D eigenvalue weighted by Gasteiger charge is 2.22. The molecule has 0 aliphatic rings. The van der Waals surface area contributed by atoms with Crippen molar-refractivity contribution < 1.29 is 28.6 Å². The molecule has 0 unspecified atom stereocenters. The van der Waals surface area contributed by atoms with Gasteiger partial charge < -0.3 is 14.2 Å². The molecule has 0 heterocycles. The molecule has 1 aromatic carbocycles. The molecule has 0 saturated carbocycles. The Morgan fingerprint density at radius 2 is 1.15 bits per heavy atom. The second-order valence-corrected chi connectivity index (χ2v) is 5.26. The molecule has 6 nitrogen and oxygen atoms in total. The summed E-state index contributed by atoms with van der Waals surface area (Å²) in [6, 6.07) is 4.05. The van der Waals surface area contributed by atoms with Crippen LogP contribution in [-0.4, -0.2) is 37.7 Å². The zero-order chi connectivity index (χ0) is 20.1. The fraction of sp³-hybridized carbons (Fsp3) is 0.286. The molecule has 0 atom stereocenters. The summed E-state index contributed by atoms with van der Waals surface area (Å²) in [7, 11) is 0. The topological polar surface area (TPSA) is 78.9 Å². The van der Waals surface area contributed by atoms with Crippen molar-refractivity contribution in [3.8, 4) is 0 Å². The van der Waals surface area contributed by atoms with Gasteiger partial charge in [-0.15, -0.1) is 0 Å². The molecule has 27 heavy (non-hydrogen) atoms. The van der Waals surface area contributed by atoms with Crippen molar-refractivity contribution >= 4 is 17.9 Å². The zero-order valence-electron chi connectivity index (χ0n) is 15.8. The lowest BCUT2D eigenvalue weighted by atomic mass is 10.0. The highest BCUT2D eigenvalue weighted by molar-refractivity contribution is 6.05. The smallest absolute Gasteiger partial charge is 0.339 e. The highest BCUT2D eigenvalue weighted by Crippen LogP contribution is 2.16. The summed E-state index contributed by atoms with van der Waals surface area (Å²) in [5.41, 5.74) is 0.114. The molecular formula is C21H24O6. The van der Waals surface area contributed by atoms with Gasteiger partial charge in [-0.2, -0.15) is 0 Å². The number of hydrogen-bond acceptors (Lipinski definition) is 6. The van der Waals surface area contributed by atoms with E-state index in [1.54, 1.807) is 57.2 Å². The predicted molar refractivity (Wildman–Crippen MR) is 102 cm³/mol. The molecule has 1 rings (SSSR count). The standard InChI is InChI=1S/C21H24O6/c1-4-7-12-25-19(22)16-10-11-17(20(23)26-13-8-5-2)18(15-16)21(24)27-14-9-6-3/h4-11,15H,12-14H2,1-3H3/b7-4+,8-5-,9-6+. The van der Waals surface area contributed by atoms with Crippen LogP contribution in [0.5, 0.6) is 0 Å². The van der Waals surface area contributed by atoms with Gasteiger partial charge in [0.25, 0.3) is 0 Å². The van der Waals surface area contributed by atoms with Gasteiger partial charge in [-0.25, -0.2) is 14.4 Å². The second-order valence-electron chi connectivity index (χ2n) is 5.26.